The fourth-order valence-electron chi connectivity index (χ4n) is 4.05. The normalized spacial score (nSPS) is 19.7. The Morgan fingerprint density at radius 2 is 1.77 bits per heavy atom. The molecule has 3 amide bonds. The van der Waals surface area contributed by atoms with Gasteiger partial charge in [-0.1, -0.05) is 18.2 Å². The van der Waals surface area contributed by atoms with E-state index in [2.05, 4.69) is 0 Å². The zero-order valence-corrected chi connectivity index (χ0v) is 17.6. The molecule has 2 heterocycles. The first-order valence-electron chi connectivity index (χ1n) is 10.5. The molecule has 1 aromatic rings. The monoisotopic (exact) mass is 415 g/mol. The van der Waals surface area contributed by atoms with E-state index in [-0.39, 0.29) is 42.6 Å². The van der Waals surface area contributed by atoms with Gasteiger partial charge in [0.25, 0.3) is 0 Å². The number of hydrogen-bond donors (Lipinski definition) is 0. The largest absolute Gasteiger partial charge is 0.466 e. The number of ether oxygens (including phenoxy) is 1. The maximum atomic E-state index is 12.8. The Morgan fingerprint density at radius 1 is 1.10 bits per heavy atom. The Bertz CT molecular complexity index is 789. The van der Waals surface area contributed by atoms with E-state index in [0.29, 0.717) is 39.1 Å². The summed E-state index contributed by atoms with van der Waals surface area (Å²) in [5.41, 5.74) is 0.779. The third-order valence-corrected chi connectivity index (χ3v) is 5.76. The van der Waals surface area contributed by atoms with Crippen LogP contribution in [0.5, 0.6) is 0 Å². The predicted molar refractivity (Wildman–Crippen MR) is 110 cm³/mol. The van der Waals surface area contributed by atoms with Crippen LogP contribution >= 0.6 is 0 Å². The SMILES string of the molecule is CCOC(=O)C1CCN(C(=O)CN(C)C(=O)C2CC(=O)N(c3ccccc3)C2)CC1. The number of rotatable bonds is 6. The summed E-state index contributed by atoms with van der Waals surface area (Å²) in [6.45, 7) is 3.39. The number of anilines is 1. The minimum atomic E-state index is -0.454. The van der Waals surface area contributed by atoms with Crippen molar-refractivity contribution in [3.8, 4) is 0 Å². The number of piperidine rings is 1. The van der Waals surface area contributed by atoms with E-state index in [1.54, 1.807) is 23.8 Å². The first-order chi connectivity index (χ1) is 14.4. The molecule has 2 saturated heterocycles. The minimum Gasteiger partial charge on any atom is -0.466 e. The molecule has 2 fully saturated rings. The molecular formula is C22H29N3O5. The number of hydrogen-bond acceptors (Lipinski definition) is 5. The molecule has 2 aliphatic rings. The average molecular weight is 415 g/mol. The third kappa shape index (κ3) is 4.98. The molecule has 2 aliphatic heterocycles. The average Bonchev–Trinajstić information content (AvgIpc) is 3.15. The summed E-state index contributed by atoms with van der Waals surface area (Å²) in [5, 5.41) is 0. The smallest absolute Gasteiger partial charge is 0.309 e. The molecule has 0 aliphatic carbocycles. The second-order valence-electron chi connectivity index (χ2n) is 7.84. The quantitative estimate of drug-likeness (QED) is 0.654. The van der Waals surface area contributed by atoms with Crippen molar-refractivity contribution in [1.82, 2.24) is 9.80 Å². The number of likely N-dealkylation sites (N-methyl/N-ethyl adjacent to an activating group) is 1. The van der Waals surface area contributed by atoms with E-state index >= 15 is 0 Å². The summed E-state index contributed by atoms with van der Waals surface area (Å²) < 4.78 is 5.05. The molecule has 8 heteroatoms. The fourth-order valence-corrected chi connectivity index (χ4v) is 4.05. The Hall–Kier alpha value is -2.90. The van der Waals surface area contributed by atoms with Crippen LogP contribution in [0.1, 0.15) is 26.2 Å². The van der Waals surface area contributed by atoms with Crippen molar-refractivity contribution in [3.63, 3.8) is 0 Å². The van der Waals surface area contributed by atoms with Crippen LogP contribution in [0.4, 0.5) is 5.69 Å². The molecule has 1 aromatic carbocycles. The molecule has 162 valence electrons. The number of para-hydroxylation sites is 1. The number of carbonyl (C=O) groups excluding carboxylic acids is 4. The van der Waals surface area contributed by atoms with Crippen LogP contribution < -0.4 is 4.90 Å². The van der Waals surface area contributed by atoms with E-state index in [1.807, 2.05) is 30.3 Å². The molecule has 8 nitrogen and oxygen atoms in total. The molecular weight excluding hydrogens is 386 g/mol. The van der Waals surface area contributed by atoms with Crippen molar-refractivity contribution in [3.05, 3.63) is 30.3 Å². The van der Waals surface area contributed by atoms with Crippen LogP contribution in [0.15, 0.2) is 30.3 Å². The van der Waals surface area contributed by atoms with Gasteiger partial charge in [0.2, 0.25) is 17.7 Å². The highest BCUT2D eigenvalue weighted by Gasteiger charge is 2.37. The molecule has 1 unspecified atom stereocenters. The van der Waals surface area contributed by atoms with Gasteiger partial charge in [0.05, 0.1) is 25.0 Å². The first-order valence-corrected chi connectivity index (χ1v) is 10.5. The minimum absolute atomic E-state index is 0.0288. The molecule has 3 rings (SSSR count). The van der Waals surface area contributed by atoms with Gasteiger partial charge in [-0.3, -0.25) is 19.2 Å². The highest BCUT2D eigenvalue weighted by atomic mass is 16.5. The van der Waals surface area contributed by atoms with Crippen LogP contribution in [-0.4, -0.2) is 73.3 Å². The van der Waals surface area contributed by atoms with E-state index in [9.17, 15) is 19.2 Å². The van der Waals surface area contributed by atoms with Gasteiger partial charge in [-0.25, -0.2) is 0 Å². The number of esters is 1. The van der Waals surface area contributed by atoms with Gasteiger partial charge in [0.15, 0.2) is 0 Å². The second-order valence-corrected chi connectivity index (χ2v) is 7.84. The standard InChI is InChI=1S/C22H29N3O5/c1-3-30-22(29)16-9-11-24(12-10-16)20(27)15-23(2)21(28)17-13-19(26)25(14-17)18-7-5-4-6-8-18/h4-8,16-17H,3,9-15H2,1-2H3. The highest BCUT2D eigenvalue weighted by Crippen LogP contribution is 2.26. The van der Waals surface area contributed by atoms with Crippen LogP contribution in [0.25, 0.3) is 0 Å². The van der Waals surface area contributed by atoms with Crippen LogP contribution in [0.2, 0.25) is 0 Å². The predicted octanol–water partition coefficient (Wildman–Crippen LogP) is 1.30. The lowest BCUT2D eigenvalue weighted by Crippen LogP contribution is -2.46. The Kier molecular flexibility index (Phi) is 7.07. The third-order valence-electron chi connectivity index (χ3n) is 5.76. The van der Waals surface area contributed by atoms with Crippen molar-refractivity contribution in [2.24, 2.45) is 11.8 Å². The summed E-state index contributed by atoms with van der Waals surface area (Å²) in [6, 6.07) is 9.28. The first kappa shape index (κ1) is 21.8. The molecule has 30 heavy (non-hydrogen) atoms. The summed E-state index contributed by atoms with van der Waals surface area (Å²) in [4.78, 5) is 54.3. The summed E-state index contributed by atoms with van der Waals surface area (Å²) >= 11 is 0. The lowest BCUT2D eigenvalue weighted by atomic mass is 9.97. The Labute approximate surface area is 176 Å². The topological polar surface area (TPSA) is 87.2 Å². The lowest BCUT2D eigenvalue weighted by Gasteiger charge is -2.32. The van der Waals surface area contributed by atoms with Gasteiger partial charge in [-0.2, -0.15) is 0 Å². The van der Waals surface area contributed by atoms with E-state index < -0.39 is 5.92 Å². The molecule has 0 bridgehead atoms. The van der Waals surface area contributed by atoms with E-state index in [0.717, 1.165) is 5.69 Å². The van der Waals surface area contributed by atoms with Gasteiger partial charge < -0.3 is 19.4 Å². The highest BCUT2D eigenvalue weighted by molar-refractivity contribution is 6.00. The van der Waals surface area contributed by atoms with Crippen molar-refractivity contribution < 1.29 is 23.9 Å². The molecule has 0 spiro atoms. The summed E-state index contributed by atoms with van der Waals surface area (Å²) in [6.07, 6.45) is 1.30. The maximum absolute atomic E-state index is 12.8. The van der Waals surface area contributed by atoms with Gasteiger partial charge in [0.1, 0.15) is 0 Å². The Morgan fingerprint density at radius 3 is 2.40 bits per heavy atom. The maximum Gasteiger partial charge on any atom is 0.309 e. The van der Waals surface area contributed by atoms with Crippen molar-refractivity contribution in [1.29, 1.82) is 0 Å². The van der Waals surface area contributed by atoms with Gasteiger partial charge in [-0.05, 0) is 31.9 Å². The number of carbonyl (C=O) groups is 4. The lowest BCUT2D eigenvalue weighted by molar-refractivity contribution is -0.151. The van der Waals surface area contributed by atoms with E-state index in [4.69, 9.17) is 4.74 Å². The van der Waals surface area contributed by atoms with Crippen LogP contribution in [-0.2, 0) is 23.9 Å². The number of likely N-dealkylation sites (tertiary alicyclic amines) is 1. The number of amides is 3. The molecule has 0 saturated carbocycles. The Balaban J connectivity index is 1.49. The van der Waals surface area contributed by atoms with Gasteiger partial charge in [-0.15, -0.1) is 0 Å². The van der Waals surface area contributed by atoms with Crippen molar-refractivity contribution >= 4 is 29.4 Å². The second kappa shape index (κ2) is 9.73. The molecule has 0 N–H and O–H groups in total. The zero-order valence-electron chi connectivity index (χ0n) is 17.6. The van der Waals surface area contributed by atoms with Crippen molar-refractivity contribution in [2.45, 2.75) is 26.2 Å². The van der Waals surface area contributed by atoms with Crippen LogP contribution in [0, 0.1) is 11.8 Å². The van der Waals surface area contributed by atoms with E-state index in [1.165, 1.54) is 4.90 Å². The van der Waals surface area contributed by atoms with Gasteiger partial charge >= 0.3 is 5.97 Å². The number of nitrogens with zero attached hydrogens (tertiary/aromatic N) is 3. The van der Waals surface area contributed by atoms with Gasteiger partial charge in [0, 0.05) is 38.8 Å². The summed E-state index contributed by atoms with van der Waals surface area (Å²) in [5.74, 6) is -1.24. The molecule has 1 atom stereocenters. The van der Waals surface area contributed by atoms with Crippen LogP contribution in [0.3, 0.4) is 0 Å². The van der Waals surface area contributed by atoms with Crippen molar-refractivity contribution in [2.75, 3.05) is 44.7 Å². The fraction of sp³-hybridized carbons (Fsp3) is 0.545. The zero-order chi connectivity index (χ0) is 21.7. The summed E-state index contributed by atoms with van der Waals surface area (Å²) in [7, 11) is 1.60. The molecule has 0 aromatic heterocycles. The number of benzene rings is 1. The molecule has 0 radical (unpaired) electrons.